The van der Waals surface area contributed by atoms with Crippen molar-refractivity contribution in [2.75, 3.05) is 0 Å². The van der Waals surface area contributed by atoms with Gasteiger partial charge < -0.3 is 0 Å². The van der Waals surface area contributed by atoms with Crippen molar-refractivity contribution < 1.29 is 4.57 Å². The van der Waals surface area contributed by atoms with Crippen LogP contribution in [0.3, 0.4) is 0 Å². The summed E-state index contributed by atoms with van der Waals surface area (Å²) in [5.74, 6) is 1.52. The molecule has 0 amide bonds. The maximum absolute atomic E-state index is 2.53. The van der Waals surface area contributed by atoms with Gasteiger partial charge in [0.25, 0.3) is 5.82 Å². The minimum Gasteiger partial charge on any atom is -0.234 e. The van der Waals surface area contributed by atoms with Crippen LogP contribution in [0.5, 0.6) is 0 Å². The van der Waals surface area contributed by atoms with Crippen LogP contribution >= 0.6 is 0 Å². The van der Waals surface area contributed by atoms with Gasteiger partial charge in [0.2, 0.25) is 0 Å². The molecule has 1 aromatic heterocycles. The first-order chi connectivity index (χ1) is 16.8. The van der Waals surface area contributed by atoms with Crippen molar-refractivity contribution >= 4 is 0 Å². The molecule has 0 spiro atoms. The van der Waals surface area contributed by atoms with E-state index in [1.54, 1.807) is 0 Å². The number of benzene rings is 1. The number of imidazole rings is 1. The van der Waals surface area contributed by atoms with E-state index in [-0.39, 0.29) is 0 Å². The Balaban J connectivity index is 1.59. The first kappa shape index (κ1) is 28.7. The standard InChI is InChI=1S/C32H55N2/c1-3-5-7-8-9-10-11-12-13-14-15-16-17-18-22-26-32-33(27-23-6-4-2)28-29-34(32)30-31-24-20-19-21-25-31/h19-21,24-25,28-29H,3-18,22-23,26-27,30H2,1-2H3/q+1. The SMILES string of the molecule is CCCCCCCCCCCCCCCCCc1n(Cc2ccccc2)cc[n+]1CCCCC. The average Bonchev–Trinajstić information content (AvgIpc) is 3.23. The minimum atomic E-state index is 0.996. The maximum atomic E-state index is 2.53. The van der Waals surface area contributed by atoms with E-state index in [1.807, 2.05) is 0 Å². The molecular formula is C32H55N2+. The lowest BCUT2D eigenvalue weighted by molar-refractivity contribution is -0.704. The molecule has 0 unspecified atom stereocenters. The third kappa shape index (κ3) is 12.8. The summed E-state index contributed by atoms with van der Waals surface area (Å²) >= 11 is 0. The summed E-state index contributed by atoms with van der Waals surface area (Å²) in [5, 5.41) is 0. The molecule has 192 valence electrons. The van der Waals surface area contributed by atoms with Crippen LogP contribution in [0.2, 0.25) is 0 Å². The Morgan fingerprint density at radius 1 is 0.588 bits per heavy atom. The number of hydrogen-bond acceptors (Lipinski definition) is 0. The normalized spacial score (nSPS) is 11.4. The number of rotatable bonds is 22. The van der Waals surface area contributed by atoms with Gasteiger partial charge in [-0.25, -0.2) is 9.13 Å². The number of unbranched alkanes of at least 4 members (excludes halogenated alkanes) is 16. The second kappa shape index (κ2) is 19.7. The quantitative estimate of drug-likeness (QED) is 0.120. The van der Waals surface area contributed by atoms with Crippen molar-refractivity contribution in [2.45, 2.75) is 149 Å². The Morgan fingerprint density at radius 2 is 1.09 bits per heavy atom. The highest BCUT2D eigenvalue weighted by Crippen LogP contribution is 2.14. The average molecular weight is 468 g/mol. The van der Waals surface area contributed by atoms with Gasteiger partial charge in [0, 0.05) is 6.42 Å². The summed E-state index contributed by atoms with van der Waals surface area (Å²) in [6.07, 6.45) is 31.2. The Morgan fingerprint density at radius 3 is 1.65 bits per heavy atom. The Bertz CT molecular complexity index is 703. The topological polar surface area (TPSA) is 8.81 Å². The third-order valence-electron chi connectivity index (χ3n) is 7.29. The van der Waals surface area contributed by atoms with Gasteiger partial charge in [-0.15, -0.1) is 0 Å². The predicted molar refractivity (Wildman–Crippen MR) is 148 cm³/mol. The van der Waals surface area contributed by atoms with Gasteiger partial charge in [-0.2, -0.15) is 0 Å². The molecule has 0 saturated carbocycles. The van der Waals surface area contributed by atoms with Crippen LogP contribution in [0.4, 0.5) is 0 Å². The van der Waals surface area contributed by atoms with Gasteiger partial charge in [-0.05, 0) is 24.8 Å². The van der Waals surface area contributed by atoms with Gasteiger partial charge in [0.1, 0.15) is 18.9 Å². The minimum absolute atomic E-state index is 0.996. The monoisotopic (exact) mass is 467 g/mol. The van der Waals surface area contributed by atoms with Gasteiger partial charge >= 0.3 is 0 Å². The fourth-order valence-corrected chi connectivity index (χ4v) is 5.10. The van der Waals surface area contributed by atoms with E-state index in [0.717, 1.165) is 6.54 Å². The molecule has 0 N–H and O–H groups in total. The molecule has 0 aliphatic carbocycles. The Kier molecular flexibility index (Phi) is 16.6. The Labute approximate surface area is 212 Å². The maximum Gasteiger partial charge on any atom is 0.256 e. The van der Waals surface area contributed by atoms with Crippen molar-refractivity contribution in [2.24, 2.45) is 0 Å². The zero-order valence-electron chi connectivity index (χ0n) is 22.8. The van der Waals surface area contributed by atoms with Gasteiger partial charge in [0.05, 0.1) is 6.54 Å². The molecule has 34 heavy (non-hydrogen) atoms. The van der Waals surface area contributed by atoms with Crippen LogP contribution in [0.25, 0.3) is 0 Å². The van der Waals surface area contributed by atoms with Crippen molar-refractivity contribution in [3.05, 3.63) is 54.1 Å². The highest BCUT2D eigenvalue weighted by atomic mass is 15.1. The van der Waals surface area contributed by atoms with Crippen LogP contribution < -0.4 is 4.57 Å². The van der Waals surface area contributed by atoms with Crippen molar-refractivity contribution in [1.82, 2.24) is 4.57 Å². The molecular weight excluding hydrogens is 412 g/mol. The molecule has 0 radical (unpaired) electrons. The van der Waals surface area contributed by atoms with E-state index in [2.05, 4.69) is 65.7 Å². The molecule has 0 bridgehead atoms. The second-order valence-corrected chi connectivity index (χ2v) is 10.4. The van der Waals surface area contributed by atoms with Crippen LogP contribution in [0.15, 0.2) is 42.7 Å². The fraction of sp³-hybridized carbons (Fsp3) is 0.719. The van der Waals surface area contributed by atoms with E-state index in [1.165, 1.54) is 140 Å². The zero-order chi connectivity index (χ0) is 24.1. The van der Waals surface area contributed by atoms with E-state index in [9.17, 15) is 0 Å². The predicted octanol–water partition coefficient (Wildman–Crippen LogP) is 9.43. The molecule has 2 rings (SSSR count). The van der Waals surface area contributed by atoms with Gasteiger partial charge in [-0.3, -0.25) is 0 Å². The highest BCUT2D eigenvalue weighted by Gasteiger charge is 2.16. The van der Waals surface area contributed by atoms with Crippen LogP contribution in [0, 0.1) is 0 Å². The number of aryl methyl sites for hydroxylation is 1. The summed E-state index contributed by atoms with van der Waals surface area (Å²) in [4.78, 5) is 0. The molecule has 0 aliphatic rings. The number of hydrogen-bond donors (Lipinski definition) is 0. The summed E-state index contributed by atoms with van der Waals surface area (Å²) in [6, 6.07) is 10.9. The first-order valence-corrected chi connectivity index (χ1v) is 15.0. The smallest absolute Gasteiger partial charge is 0.234 e. The summed E-state index contributed by atoms with van der Waals surface area (Å²) in [5.41, 5.74) is 1.40. The van der Waals surface area contributed by atoms with Crippen LogP contribution in [0.1, 0.15) is 141 Å². The highest BCUT2D eigenvalue weighted by molar-refractivity contribution is 5.15. The lowest BCUT2D eigenvalue weighted by atomic mass is 10.0. The fourth-order valence-electron chi connectivity index (χ4n) is 5.10. The van der Waals surface area contributed by atoms with E-state index >= 15 is 0 Å². The van der Waals surface area contributed by atoms with Crippen molar-refractivity contribution in [1.29, 1.82) is 0 Å². The molecule has 0 aliphatic heterocycles. The van der Waals surface area contributed by atoms with E-state index in [0.29, 0.717) is 0 Å². The van der Waals surface area contributed by atoms with Crippen molar-refractivity contribution in [3.63, 3.8) is 0 Å². The van der Waals surface area contributed by atoms with E-state index in [4.69, 9.17) is 0 Å². The first-order valence-electron chi connectivity index (χ1n) is 15.0. The largest absolute Gasteiger partial charge is 0.256 e. The Hall–Kier alpha value is -1.57. The lowest BCUT2D eigenvalue weighted by Crippen LogP contribution is -2.37. The van der Waals surface area contributed by atoms with Crippen LogP contribution in [-0.2, 0) is 19.5 Å². The van der Waals surface area contributed by atoms with Gasteiger partial charge in [0.15, 0.2) is 0 Å². The van der Waals surface area contributed by atoms with Gasteiger partial charge in [-0.1, -0.05) is 140 Å². The zero-order valence-corrected chi connectivity index (χ0v) is 22.8. The summed E-state index contributed by atoms with van der Waals surface area (Å²) in [7, 11) is 0. The molecule has 2 heteroatoms. The van der Waals surface area contributed by atoms with Crippen molar-refractivity contribution in [3.8, 4) is 0 Å². The molecule has 0 atom stereocenters. The second-order valence-electron chi connectivity index (χ2n) is 10.4. The lowest BCUT2D eigenvalue weighted by Gasteiger charge is -2.07. The van der Waals surface area contributed by atoms with E-state index < -0.39 is 0 Å². The molecule has 0 fully saturated rings. The summed E-state index contributed by atoms with van der Waals surface area (Å²) in [6.45, 7) is 6.76. The number of nitrogens with zero attached hydrogens (tertiary/aromatic N) is 2. The molecule has 2 aromatic rings. The third-order valence-corrected chi connectivity index (χ3v) is 7.29. The molecule has 2 nitrogen and oxygen atoms in total. The molecule has 1 heterocycles. The molecule has 0 saturated heterocycles. The van der Waals surface area contributed by atoms with Crippen LogP contribution in [-0.4, -0.2) is 4.57 Å². The molecule has 1 aromatic carbocycles. The number of aromatic nitrogens is 2. The summed E-state index contributed by atoms with van der Waals surface area (Å²) < 4.78 is 5.02.